The van der Waals surface area contributed by atoms with Crippen LogP contribution in [0.2, 0.25) is 0 Å². The first kappa shape index (κ1) is 19.3. The summed E-state index contributed by atoms with van der Waals surface area (Å²) in [5, 5.41) is 0.762. The van der Waals surface area contributed by atoms with Gasteiger partial charge in [-0.15, -0.1) is 0 Å². The van der Waals surface area contributed by atoms with Crippen LogP contribution >= 0.6 is 0 Å². The van der Waals surface area contributed by atoms with Crippen molar-refractivity contribution >= 4 is 33.5 Å². The molecule has 2 aromatic carbocycles. The van der Waals surface area contributed by atoms with Crippen molar-refractivity contribution < 1.29 is 4.79 Å². The second-order valence-electron chi connectivity index (χ2n) is 8.26. The minimum atomic E-state index is -0.307. The van der Waals surface area contributed by atoms with E-state index in [1.807, 2.05) is 49.3 Å². The van der Waals surface area contributed by atoms with E-state index in [1.165, 1.54) is 0 Å². The van der Waals surface area contributed by atoms with Gasteiger partial charge in [0.2, 0.25) is 0 Å². The number of para-hydroxylation sites is 1. The average Bonchev–Trinajstić information content (AvgIpc) is 3.40. The van der Waals surface area contributed by atoms with Gasteiger partial charge in [0.05, 0.1) is 22.2 Å². The van der Waals surface area contributed by atoms with Crippen molar-refractivity contribution in [2.24, 2.45) is 0 Å². The molecule has 158 valence electrons. The number of amides is 1. The van der Waals surface area contributed by atoms with Crippen LogP contribution in [0.25, 0.3) is 33.3 Å². The summed E-state index contributed by atoms with van der Waals surface area (Å²) in [4.78, 5) is 40.4. The molecule has 0 saturated carbocycles. The summed E-state index contributed by atoms with van der Waals surface area (Å²) in [7, 11) is 4.08. The first-order valence-corrected chi connectivity index (χ1v) is 10.3. The van der Waals surface area contributed by atoms with E-state index in [0.717, 1.165) is 30.4 Å². The SMILES string of the molecule is CN(C)[C@@H]1CCN(C(=O)c2ccc3[nH]c(-c4c(N)c5ccccc5[nH]c4=O)nc3c2)C1. The maximum absolute atomic E-state index is 13.0. The van der Waals surface area contributed by atoms with Crippen LogP contribution in [0.1, 0.15) is 16.8 Å². The van der Waals surface area contributed by atoms with Crippen LogP contribution in [0.5, 0.6) is 0 Å². The van der Waals surface area contributed by atoms with Gasteiger partial charge in [0, 0.05) is 30.1 Å². The van der Waals surface area contributed by atoms with E-state index in [9.17, 15) is 9.59 Å². The number of pyridine rings is 1. The maximum atomic E-state index is 13.0. The molecular formula is C23H24N6O2. The minimum Gasteiger partial charge on any atom is -0.397 e. The number of hydrogen-bond acceptors (Lipinski definition) is 5. The molecule has 1 aliphatic heterocycles. The Kier molecular flexibility index (Phi) is 4.51. The zero-order valence-corrected chi connectivity index (χ0v) is 17.5. The molecule has 31 heavy (non-hydrogen) atoms. The molecule has 0 unspecified atom stereocenters. The molecule has 5 rings (SSSR count). The molecule has 1 fully saturated rings. The van der Waals surface area contributed by atoms with E-state index in [1.54, 1.807) is 12.1 Å². The highest BCUT2D eigenvalue weighted by atomic mass is 16.2. The van der Waals surface area contributed by atoms with E-state index in [-0.39, 0.29) is 11.5 Å². The number of hydrogen-bond donors (Lipinski definition) is 3. The number of nitrogens with zero attached hydrogens (tertiary/aromatic N) is 3. The molecule has 0 bridgehead atoms. The molecule has 1 amide bonds. The molecule has 4 N–H and O–H groups in total. The molecule has 1 aliphatic rings. The van der Waals surface area contributed by atoms with E-state index in [4.69, 9.17) is 5.73 Å². The van der Waals surface area contributed by atoms with Crippen LogP contribution < -0.4 is 11.3 Å². The van der Waals surface area contributed by atoms with Gasteiger partial charge in [-0.1, -0.05) is 18.2 Å². The van der Waals surface area contributed by atoms with Crippen molar-refractivity contribution in [3.63, 3.8) is 0 Å². The topological polar surface area (TPSA) is 111 Å². The Morgan fingerprint density at radius 3 is 2.74 bits per heavy atom. The number of nitrogens with two attached hydrogens (primary N) is 1. The van der Waals surface area contributed by atoms with Crippen LogP contribution in [-0.2, 0) is 0 Å². The number of imidazole rings is 1. The smallest absolute Gasteiger partial charge is 0.261 e. The zero-order valence-electron chi connectivity index (χ0n) is 17.5. The summed E-state index contributed by atoms with van der Waals surface area (Å²) in [5.41, 5.74) is 9.33. The minimum absolute atomic E-state index is 0.00105. The Bertz CT molecular complexity index is 1370. The van der Waals surface area contributed by atoms with Crippen LogP contribution in [0, 0.1) is 0 Å². The van der Waals surface area contributed by atoms with Crippen molar-refractivity contribution in [2.75, 3.05) is 32.9 Å². The summed E-state index contributed by atoms with van der Waals surface area (Å²) in [6.45, 7) is 1.47. The fourth-order valence-corrected chi connectivity index (χ4v) is 4.29. The fourth-order valence-electron chi connectivity index (χ4n) is 4.29. The highest BCUT2D eigenvalue weighted by Crippen LogP contribution is 2.28. The lowest BCUT2D eigenvalue weighted by molar-refractivity contribution is 0.0783. The number of carbonyl (C=O) groups is 1. The lowest BCUT2D eigenvalue weighted by Gasteiger charge is -2.20. The van der Waals surface area contributed by atoms with Gasteiger partial charge < -0.3 is 25.5 Å². The number of aromatic amines is 2. The third-order valence-electron chi connectivity index (χ3n) is 6.11. The second kappa shape index (κ2) is 7.24. The fraction of sp³-hybridized carbons (Fsp3) is 0.261. The second-order valence-corrected chi connectivity index (χ2v) is 8.26. The largest absolute Gasteiger partial charge is 0.397 e. The Morgan fingerprint density at radius 2 is 1.97 bits per heavy atom. The maximum Gasteiger partial charge on any atom is 0.261 e. The van der Waals surface area contributed by atoms with Crippen molar-refractivity contribution in [3.05, 3.63) is 58.4 Å². The van der Waals surface area contributed by atoms with Gasteiger partial charge in [-0.25, -0.2) is 4.98 Å². The number of likely N-dealkylation sites (tertiary alicyclic amines) is 1. The number of rotatable bonds is 3. The molecular weight excluding hydrogens is 392 g/mol. The molecule has 0 spiro atoms. The van der Waals surface area contributed by atoms with E-state index >= 15 is 0 Å². The normalized spacial score (nSPS) is 16.6. The van der Waals surface area contributed by atoms with E-state index < -0.39 is 0 Å². The van der Waals surface area contributed by atoms with Gasteiger partial charge in [0.25, 0.3) is 11.5 Å². The van der Waals surface area contributed by atoms with Crippen molar-refractivity contribution in [1.82, 2.24) is 24.8 Å². The predicted octanol–water partition coefficient (Wildman–Crippen LogP) is 2.43. The first-order valence-electron chi connectivity index (χ1n) is 10.3. The lowest BCUT2D eigenvalue weighted by atomic mass is 10.1. The number of nitrogen functional groups attached to an aromatic ring is 1. The van der Waals surface area contributed by atoms with Crippen molar-refractivity contribution in [3.8, 4) is 11.4 Å². The number of H-pyrrole nitrogens is 2. The van der Waals surface area contributed by atoms with Gasteiger partial charge in [-0.05, 0) is 44.8 Å². The Morgan fingerprint density at radius 1 is 1.16 bits per heavy atom. The molecule has 0 aliphatic carbocycles. The summed E-state index contributed by atoms with van der Waals surface area (Å²) in [5.74, 6) is 0.386. The molecule has 1 atom stereocenters. The monoisotopic (exact) mass is 416 g/mol. The number of carbonyl (C=O) groups excluding carboxylic acids is 1. The number of fused-ring (bicyclic) bond motifs is 2. The summed E-state index contributed by atoms with van der Waals surface area (Å²) in [6, 6.07) is 13.2. The number of aromatic nitrogens is 3. The summed E-state index contributed by atoms with van der Waals surface area (Å²) in [6.07, 6.45) is 0.970. The van der Waals surface area contributed by atoms with Gasteiger partial charge in [0.15, 0.2) is 0 Å². The molecule has 2 aromatic heterocycles. The molecule has 1 saturated heterocycles. The number of anilines is 1. The standard InChI is InChI=1S/C23H24N6O2/c1-28(2)14-9-10-29(12-14)23(31)13-7-8-17-18(11-13)26-21(25-17)19-20(24)15-5-3-4-6-16(15)27-22(19)30/h3-8,11,14H,9-10,12H2,1-2H3,(H,25,26)(H3,24,27,30)/t14-/m1/s1. The Balaban J connectivity index is 1.52. The highest BCUT2D eigenvalue weighted by molar-refractivity contribution is 6.00. The first-order chi connectivity index (χ1) is 14.9. The number of likely N-dealkylation sites (N-methyl/N-ethyl adjacent to an activating group) is 1. The molecule has 0 radical (unpaired) electrons. The number of benzene rings is 2. The molecule has 8 nitrogen and oxygen atoms in total. The molecule has 4 aromatic rings. The average molecular weight is 416 g/mol. The third-order valence-corrected chi connectivity index (χ3v) is 6.11. The Hall–Kier alpha value is -3.65. The highest BCUT2D eigenvalue weighted by Gasteiger charge is 2.28. The zero-order chi connectivity index (χ0) is 21.7. The van der Waals surface area contributed by atoms with E-state index in [2.05, 4.69) is 19.9 Å². The van der Waals surface area contributed by atoms with Crippen LogP contribution in [0.15, 0.2) is 47.3 Å². The summed E-state index contributed by atoms with van der Waals surface area (Å²) >= 11 is 0. The molecule has 3 heterocycles. The van der Waals surface area contributed by atoms with Gasteiger partial charge >= 0.3 is 0 Å². The predicted molar refractivity (Wildman–Crippen MR) is 122 cm³/mol. The van der Waals surface area contributed by atoms with Gasteiger partial charge in [-0.2, -0.15) is 0 Å². The van der Waals surface area contributed by atoms with Crippen LogP contribution in [0.4, 0.5) is 5.69 Å². The quantitative estimate of drug-likeness (QED) is 0.475. The van der Waals surface area contributed by atoms with Gasteiger partial charge in [-0.3, -0.25) is 9.59 Å². The Labute approximate surface area is 178 Å². The lowest BCUT2D eigenvalue weighted by Crippen LogP contribution is -2.34. The van der Waals surface area contributed by atoms with E-state index in [0.29, 0.717) is 39.7 Å². The number of nitrogens with one attached hydrogen (secondary N) is 2. The summed E-state index contributed by atoms with van der Waals surface area (Å²) < 4.78 is 0. The van der Waals surface area contributed by atoms with Crippen molar-refractivity contribution in [2.45, 2.75) is 12.5 Å². The van der Waals surface area contributed by atoms with Crippen molar-refractivity contribution in [1.29, 1.82) is 0 Å². The van der Waals surface area contributed by atoms with Crippen LogP contribution in [-0.4, -0.2) is 63.9 Å². The molecule has 8 heteroatoms. The van der Waals surface area contributed by atoms with Gasteiger partial charge in [0.1, 0.15) is 11.4 Å². The van der Waals surface area contributed by atoms with Crippen LogP contribution in [0.3, 0.4) is 0 Å². The third kappa shape index (κ3) is 3.25.